The Bertz CT molecular complexity index is 174. The van der Waals surface area contributed by atoms with E-state index >= 15 is 0 Å². The number of nitrogens with zero attached hydrogens (tertiary/aromatic N) is 2. The second-order valence-electron chi connectivity index (χ2n) is 1.23. The third-order valence-electron chi connectivity index (χ3n) is 0.714. The summed E-state index contributed by atoms with van der Waals surface area (Å²) in [6, 6.07) is 6.18. The van der Waals surface area contributed by atoms with Crippen LogP contribution >= 0.6 is 0 Å². The third kappa shape index (κ3) is 2.82. The molecule has 0 saturated carbocycles. The van der Waals surface area contributed by atoms with Crippen LogP contribution in [0.1, 0.15) is 0 Å². The Morgan fingerprint density at radius 2 is 2.44 bits per heavy atom. The zero-order chi connectivity index (χ0) is 5.82. The van der Waals surface area contributed by atoms with Gasteiger partial charge in [0, 0.05) is 32.7 Å². The minimum atomic E-state index is 0. The first kappa shape index (κ1) is 8.92. The molecular weight excluding hydrogens is 189 g/mol. The zero-order valence-electron chi connectivity index (χ0n) is 4.78. The molecule has 0 amide bonds. The van der Waals surface area contributed by atoms with E-state index in [-0.39, 0.29) is 32.7 Å². The van der Waals surface area contributed by atoms with Crippen LogP contribution in [-0.2, 0) is 32.7 Å². The minimum Gasteiger partial charge on any atom is -0.461 e. The van der Waals surface area contributed by atoms with Gasteiger partial charge in [-0.25, -0.2) is 6.07 Å². The molecule has 1 aromatic heterocycles. The Morgan fingerprint density at radius 3 is 2.78 bits per heavy atom. The summed E-state index contributed by atoms with van der Waals surface area (Å²) in [5.41, 5.74) is 0. The van der Waals surface area contributed by atoms with E-state index in [2.05, 4.69) is 16.0 Å². The van der Waals surface area contributed by atoms with Crippen LogP contribution in [-0.4, -0.2) is 11.7 Å². The monoisotopic (exact) mass is 193 g/mol. The quantitative estimate of drug-likeness (QED) is 0.484. The first-order valence-electron chi connectivity index (χ1n) is 2.17. The van der Waals surface area contributed by atoms with Crippen molar-refractivity contribution in [2.45, 2.75) is 0 Å². The Kier molecular flexibility index (Phi) is 4.73. The molecule has 1 radical (unpaired) electrons. The van der Waals surface area contributed by atoms with Gasteiger partial charge in [0.25, 0.3) is 0 Å². The summed E-state index contributed by atoms with van der Waals surface area (Å²) in [5.74, 6) is 0.438. The van der Waals surface area contributed by atoms with Crippen molar-refractivity contribution < 1.29 is 32.7 Å². The van der Waals surface area contributed by atoms with E-state index in [1.165, 1.54) is 0 Å². The van der Waals surface area contributed by atoms with Gasteiger partial charge < -0.3 is 16.0 Å². The van der Waals surface area contributed by atoms with Crippen molar-refractivity contribution in [2.75, 3.05) is 0 Å². The molecule has 0 fully saturated rings. The van der Waals surface area contributed by atoms with Gasteiger partial charge >= 0.3 is 0 Å². The van der Waals surface area contributed by atoms with Gasteiger partial charge in [-0.05, 0) is 0 Å². The molecule has 0 aliphatic carbocycles. The maximum Gasteiger partial charge on any atom is 0 e. The van der Waals surface area contributed by atoms with Crippen LogP contribution in [0.3, 0.4) is 0 Å². The van der Waals surface area contributed by atoms with E-state index in [4.69, 9.17) is 6.72 Å². The fourth-order valence-electron chi connectivity index (χ4n) is 0.387. The van der Waals surface area contributed by atoms with Crippen molar-refractivity contribution in [3.8, 4) is 0 Å². The molecule has 3 heteroatoms. The first-order chi connectivity index (χ1) is 3.93. The van der Waals surface area contributed by atoms with Gasteiger partial charge in [-0.3, -0.25) is 0 Å². The predicted octanol–water partition coefficient (Wildman–Crippen LogP) is 1.09. The average molecular weight is 193 g/mol. The first-order valence-corrected chi connectivity index (χ1v) is 2.17. The average Bonchev–Trinajstić information content (AvgIpc) is 1.90. The van der Waals surface area contributed by atoms with Crippen LogP contribution in [0, 0.1) is 6.07 Å². The molecule has 0 N–H and O–H groups in total. The van der Waals surface area contributed by atoms with Crippen molar-refractivity contribution >= 4 is 12.5 Å². The van der Waals surface area contributed by atoms with Gasteiger partial charge in [-0.2, -0.15) is 12.8 Å². The van der Waals surface area contributed by atoms with Gasteiger partial charge in [0.05, 0.1) is 0 Å². The van der Waals surface area contributed by atoms with Crippen LogP contribution in [0.2, 0.25) is 0 Å². The minimum absolute atomic E-state index is 0. The van der Waals surface area contributed by atoms with Crippen LogP contribution in [0.15, 0.2) is 23.3 Å². The maximum atomic E-state index is 4.88. The summed E-state index contributed by atoms with van der Waals surface area (Å²) < 4.78 is 0. The molecule has 0 atom stereocenters. The molecule has 2 nitrogen and oxygen atoms in total. The van der Waals surface area contributed by atoms with E-state index in [1.807, 2.05) is 0 Å². The molecule has 1 rings (SSSR count). The van der Waals surface area contributed by atoms with Gasteiger partial charge in [0.15, 0.2) is 0 Å². The number of hydrogen-bond donors (Lipinski definition) is 0. The van der Waals surface area contributed by atoms with Crippen molar-refractivity contribution in [1.82, 2.24) is 4.98 Å². The number of hydrogen-bond acceptors (Lipinski definition) is 2. The predicted molar refractivity (Wildman–Crippen MR) is 31.2 cm³/mol. The summed E-state index contributed by atoms with van der Waals surface area (Å²) >= 11 is 0. The smallest absolute Gasteiger partial charge is 0 e. The fourth-order valence-corrected chi connectivity index (χ4v) is 0.387. The van der Waals surface area contributed by atoms with E-state index < -0.39 is 0 Å². The molecule has 1 heterocycles. The van der Waals surface area contributed by atoms with Crippen molar-refractivity contribution in [1.29, 1.82) is 0 Å². The third-order valence-corrected chi connectivity index (χ3v) is 0.714. The largest absolute Gasteiger partial charge is 0.461 e. The van der Waals surface area contributed by atoms with Crippen molar-refractivity contribution in [3.05, 3.63) is 24.4 Å². The second-order valence-corrected chi connectivity index (χ2v) is 1.23. The van der Waals surface area contributed by atoms with Gasteiger partial charge in [0.1, 0.15) is 0 Å². The van der Waals surface area contributed by atoms with E-state index in [0.717, 1.165) is 0 Å². The van der Waals surface area contributed by atoms with Gasteiger partial charge in [0.2, 0.25) is 0 Å². The molecule has 0 spiro atoms. The summed E-state index contributed by atoms with van der Waals surface area (Å²) in [6.07, 6.45) is 1.61. The molecule has 0 aromatic carbocycles. The Hall–Kier alpha value is -0.0761. The summed E-state index contributed by atoms with van der Waals surface area (Å²) in [7, 11) is 0. The number of rotatable bonds is 1. The Labute approximate surface area is 79.3 Å². The van der Waals surface area contributed by atoms with Crippen LogP contribution in [0.4, 0.5) is 5.82 Å². The van der Waals surface area contributed by atoms with Crippen LogP contribution in [0.25, 0.3) is 0 Å². The van der Waals surface area contributed by atoms with E-state index in [1.54, 1.807) is 18.3 Å². The van der Waals surface area contributed by atoms with Crippen LogP contribution in [0.5, 0.6) is 0 Å². The van der Waals surface area contributed by atoms with E-state index in [9.17, 15) is 0 Å². The van der Waals surface area contributed by atoms with Gasteiger partial charge in [-0.1, -0.05) is 6.20 Å². The zero-order valence-corrected chi connectivity index (χ0v) is 7.62. The molecule has 0 aliphatic rings. The normalized spacial score (nSPS) is 7.56. The van der Waals surface area contributed by atoms with Crippen LogP contribution < -0.4 is 0 Å². The molecule has 0 saturated heterocycles. The molecule has 0 aliphatic heterocycles. The molecule has 0 bridgehead atoms. The summed E-state index contributed by atoms with van der Waals surface area (Å²) in [6.45, 7) is 4.88. The van der Waals surface area contributed by atoms with E-state index in [0.29, 0.717) is 5.82 Å². The number of pyridine rings is 1. The standard InChI is InChI=1S/C6H4N2.Y/c1-7-6-4-2-3-5-8-6;/h1-3,5H;/q-2;. The summed E-state index contributed by atoms with van der Waals surface area (Å²) in [4.78, 5) is 7.05. The molecule has 1 aromatic rings. The Morgan fingerprint density at radius 1 is 1.67 bits per heavy atom. The Balaban J connectivity index is 0.000000640. The maximum absolute atomic E-state index is 4.88. The number of aromatic nitrogens is 1. The number of aliphatic imine (C=N–C) groups is 1. The van der Waals surface area contributed by atoms with Crippen molar-refractivity contribution in [2.24, 2.45) is 4.99 Å². The second kappa shape index (κ2) is 4.77. The topological polar surface area (TPSA) is 25.2 Å². The van der Waals surface area contributed by atoms with Gasteiger partial charge in [-0.15, -0.1) is 5.82 Å². The molecule has 0 unspecified atom stereocenters. The fraction of sp³-hybridized carbons (Fsp3) is 0. The molecule has 9 heavy (non-hydrogen) atoms. The van der Waals surface area contributed by atoms with Crippen molar-refractivity contribution in [3.63, 3.8) is 0 Å². The summed E-state index contributed by atoms with van der Waals surface area (Å²) in [5, 5.41) is 0. The molecular formula is C6H4N2Y-2. The molecule has 43 valence electrons. The SMILES string of the molecule is [CH-]=Nc1[c-]cccn1.[Y].